The van der Waals surface area contributed by atoms with Crippen molar-refractivity contribution in [3.05, 3.63) is 94.3 Å². The molecule has 0 bridgehead atoms. The highest BCUT2D eigenvalue weighted by Gasteiger charge is 2.44. The Bertz CT molecular complexity index is 1200. The van der Waals surface area contributed by atoms with Gasteiger partial charge in [0.1, 0.15) is 11.6 Å². The molecule has 0 radical (unpaired) electrons. The number of hydrogen-bond acceptors (Lipinski definition) is 4. The maximum atomic E-state index is 13.8. The predicted molar refractivity (Wildman–Crippen MR) is 128 cm³/mol. The Hall–Kier alpha value is -3.42. The van der Waals surface area contributed by atoms with Gasteiger partial charge in [-0.3, -0.25) is 9.59 Å². The van der Waals surface area contributed by atoms with E-state index in [2.05, 4.69) is 5.32 Å². The van der Waals surface area contributed by atoms with E-state index in [-0.39, 0.29) is 25.0 Å². The SMILES string of the molecule is COCCN1C(=O)c2ccccc2[C@H](C(=O)Nc2cc(Cl)ccc2OC)[C@H]1c1ccc(F)cc1. The summed E-state index contributed by atoms with van der Waals surface area (Å²) in [6.07, 6.45) is 0. The van der Waals surface area contributed by atoms with Crippen LogP contribution in [-0.4, -0.2) is 44.1 Å². The van der Waals surface area contributed by atoms with E-state index < -0.39 is 17.8 Å². The number of rotatable bonds is 7. The van der Waals surface area contributed by atoms with Crippen molar-refractivity contribution in [2.45, 2.75) is 12.0 Å². The van der Waals surface area contributed by atoms with Crippen LogP contribution in [0, 0.1) is 5.82 Å². The third-order valence-electron chi connectivity index (χ3n) is 5.89. The molecule has 0 unspecified atom stereocenters. The normalized spacial score (nSPS) is 17.3. The van der Waals surface area contributed by atoms with Gasteiger partial charge in [0, 0.05) is 24.2 Å². The molecule has 0 saturated heterocycles. The fourth-order valence-corrected chi connectivity index (χ4v) is 4.50. The Morgan fingerprint density at radius 3 is 2.53 bits per heavy atom. The molecule has 2 amide bonds. The Kier molecular flexibility index (Phi) is 7.14. The standard InChI is InChI=1S/C26H24ClFN2O4/c1-33-14-13-30-24(16-7-10-18(28)11-8-16)23(19-5-3-4-6-20(19)26(30)32)25(31)29-21-15-17(27)9-12-22(21)34-2/h3-12,15,23-24H,13-14H2,1-2H3,(H,29,31)/t23-,24+/m0/s1. The van der Waals surface area contributed by atoms with Crippen molar-refractivity contribution >= 4 is 29.1 Å². The third-order valence-corrected chi connectivity index (χ3v) is 6.12. The largest absolute Gasteiger partial charge is 0.495 e. The zero-order valence-electron chi connectivity index (χ0n) is 18.8. The van der Waals surface area contributed by atoms with Gasteiger partial charge < -0.3 is 19.7 Å². The van der Waals surface area contributed by atoms with Crippen LogP contribution in [0.15, 0.2) is 66.7 Å². The number of ether oxygens (including phenoxy) is 2. The average molecular weight is 483 g/mol. The van der Waals surface area contributed by atoms with Gasteiger partial charge in [-0.15, -0.1) is 0 Å². The summed E-state index contributed by atoms with van der Waals surface area (Å²) in [6, 6.07) is 17.1. The number of fused-ring (bicyclic) bond motifs is 1. The predicted octanol–water partition coefficient (Wildman–Crippen LogP) is 5.05. The van der Waals surface area contributed by atoms with Crippen molar-refractivity contribution in [3.8, 4) is 5.75 Å². The Balaban J connectivity index is 1.84. The summed E-state index contributed by atoms with van der Waals surface area (Å²) in [7, 11) is 3.05. The molecule has 1 aliphatic heterocycles. The molecule has 3 aromatic rings. The molecule has 8 heteroatoms. The number of amides is 2. The lowest BCUT2D eigenvalue weighted by Gasteiger charge is -2.41. The van der Waals surface area contributed by atoms with Crippen LogP contribution < -0.4 is 10.1 Å². The number of hydrogen-bond donors (Lipinski definition) is 1. The molecule has 0 spiro atoms. The fraction of sp³-hybridized carbons (Fsp3) is 0.231. The molecule has 4 rings (SSSR count). The monoisotopic (exact) mass is 482 g/mol. The maximum Gasteiger partial charge on any atom is 0.254 e. The zero-order chi connectivity index (χ0) is 24.2. The Morgan fingerprint density at radius 1 is 1.09 bits per heavy atom. The number of methoxy groups -OCH3 is 2. The number of nitrogens with one attached hydrogen (secondary N) is 1. The zero-order valence-corrected chi connectivity index (χ0v) is 19.5. The first kappa shape index (κ1) is 23.7. The first-order valence-corrected chi connectivity index (χ1v) is 11.1. The molecule has 1 aliphatic rings. The summed E-state index contributed by atoms with van der Waals surface area (Å²) >= 11 is 6.15. The topological polar surface area (TPSA) is 67.9 Å². The smallest absolute Gasteiger partial charge is 0.254 e. The van der Waals surface area contributed by atoms with Crippen molar-refractivity contribution in [1.82, 2.24) is 4.90 Å². The number of anilines is 1. The van der Waals surface area contributed by atoms with Crippen LogP contribution in [0.3, 0.4) is 0 Å². The van der Waals surface area contributed by atoms with E-state index in [0.29, 0.717) is 33.1 Å². The lowest BCUT2D eigenvalue weighted by atomic mass is 9.79. The lowest BCUT2D eigenvalue weighted by Crippen LogP contribution is -2.47. The molecule has 0 fully saturated rings. The van der Waals surface area contributed by atoms with Crippen molar-refractivity contribution in [2.75, 3.05) is 32.7 Å². The van der Waals surface area contributed by atoms with Crippen molar-refractivity contribution in [2.24, 2.45) is 0 Å². The highest BCUT2D eigenvalue weighted by molar-refractivity contribution is 6.31. The van der Waals surface area contributed by atoms with Gasteiger partial charge in [0.25, 0.3) is 5.91 Å². The van der Waals surface area contributed by atoms with E-state index in [4.69, 9.17) is 21.1 Å². The highest BCUT2D eigenvalue weighted by Crippen LogP contribution is 2.43. The number of carbonyl (C=O) groups excluding carboxylic acids is 2. The van der Waals surface area contributed by atoms with Crippen LogP contribution in [0.4, 0.5) is 10.1 Å². The van der Waals surface area contributed by atoms with Gasteiger partial charge in [0.2, 0.25) is 5.91 Å². The molecule has 1 heterocycles. The average Bonchev–Trinajstić information content (AvgIpc) is 2.84. The molecule has 0 saturated carbocycles. The summed E-state index contributed by atoms with van der Waals surface area (Å²) < 4.78 is 24.3. The van der Waals surface area contributed by atoms with Crippen molar-refractivity contribution < 1.29 is 23.5 Å². The summed E-state index contributed by atoms with van der Waals surface area (Å²) in [5.41, 5.74) is 2.08. The summed E-state index contributed by atoms with van der Waals surface area (Å²) in [5.74, 6) is -1.30. The second-order valence-corrected chi connectivity index (χ2v) is 8.32. The molecule has 0 aliphatic carbocycles. The van der Waals surface area contributed by atoms with Crippen molar-refractivity contribution in [3.63, 3.8) is 0 Å². The summed E-state index contributed by atoms with van der Waals surface area (Å²) in [4.78, 5) is 28.9. The minimum Gasteiger partial charge on any atom is -0.495 e. The molecule has 2 atom stereocenters. The van der Waals surface area contributed by atoms with Gasteiger partial charge >= 0.3 is 0 Å². The highest BCUT2D eigenvalue weighted by atomic mass is 35.5. The Morgan fingerprint density at radius 2 is 1.82 bits per heavy atom. The van der Waals surface area contributed by atoms with Gasteiger partial charge in [0.15, 0.2) is 0 Å². The first-order valence-electron chi connectivity index (χ1n) is 10.7. The maximum absolute atomic E-state index is 13.8. The second kappa shape index (κ2) is 10.2. The lowest BCUT2D eigenvalue weighted by molar-refractivity contribution is -0.119. The van der Waals surface area contributed by atoms with Gasteiger partial charge in [-0.2, -0.15) is 0 Å². The number of carbonyl (C=O) groups is 2. The quantitative estimate of drug-likeness (QED) is 0.511. The van der Waals surface area contributed by atoms with Crippen LogP contribution >= 0.6 is 11.6 Å². The van der Waals surface area contributed by atoms with E-state index >= 15 is 0 Å². The second-order valence-electron chi connectivity index (χ2n) is 7.89. The number of benzene rings is 3. The first-order chi connectivity index (χ1) is 16.4. The molecule has 1 N–H and O–H groups in total. The van der Waals surface area contributed by atoms with Crippen molar-refractivity contribution in [1.29, 1.82) is 0 Å². The molecule has 176 valence electrons. The minimum absolute atomic E-state index is 0.216. The molecule has 0 aromatic heterocycles. The third kappa shape index (κ3) is 4.62. The van der Waals surface area contributed by atoms with Crippen LogP contribution in [-0.2, 0) is 9.53 Å². The van der Waals surface area contributed by atoms with E-state index in [1.165, 1.54) is 19.2 Å². The van der Waals surface area contributed by atoms with Crippen LogP contribution in [0.5, 0.6) is 5.75 Å². The van der Waals surface area contributed by atoms with Gasteiger partial charge in [-0.05, 0) is 47.5 Å². The van der Waals surface area contributed by atoms with Gasteiger partial charge in [-0.25, -0.2) is 4.39 Å². The molecule has 6 nitrogen and oxygen atoms in total. The molecule has 34 heavy (non-hydrogen) atoms. The molecular weight excluding hydrogens is 459 g/mol. The van der Waals surface area contributed by atoms with Crippen LogP contribution in [0.2, 0.25) is 5.02 Å². The van der Waals surface area contributed by atoms with Gasteiger partial charge in [-0.1, -0.05) is 41.9 Å². The van der Waals surface area contributed by atoms with E-state index in [1.807, 2.05) is 0 Å². The van der Waals surface area contributed by atoms with E-state index in [1.54, 1.807) is 66.6 Å². The molecule has 3 aromatic carbocycles. The van der Waals surface area contributed by atoms with E-state index in [0.717, 1.165) is 0 Å². The molecular formula is C26H24ClFN2O4. The van der Waals surface area contributed by atoms with Crippen LogP contribution in [0.1, 0.15) is 33.4 Å². The summed E-state index contributed by atoms with van der Waals surface area (Å²) in [5, 5.41) is 3.36. The van der Waals surface area contributed by atoms with Gasteiger partial charge in [0.05, 0.1) is 31.4 Å². The summed E-state index contributed by atoms with van der Waals surface area (Å²) in [6.45, 7) is 0.540. The Labute approximate surface area is 202 Å². The van der Waals surface area contributed by atoms with Crippen LogP contribution in [0.25, 0.3) is 0 Å². The number of nitrogens with zero attached hydrogens (tertiary/aromatic N) is 1. The minimum atomic E-state index is -0.778. The number of halogens is 2. The van der Waals surface area contributed by atoms with E-state index in [9.17, 15) is 14.0 Å². The fourth-order valence-electron chi connectivity index (χ4n) is 4.33.